The van der Waals surface area contributed by atoms with Gasteiger partial charge in [0.25, 0.3) is 57.8 Å². The van der Waals surface area contributed by atoms with Gasteiger partial charge in [0.1, 0.15) is 92.2 Å². The minimum Gasteiger partial charge on any atom is -0.393 e. The highest BCUT2D eigenvalue weighted by molar-refractivity contribution is 5.93. The van der Waals surface area contributed by atoms with E-state index in [4.69, 9.17) is 72.5 Å². The van der Waals surface area contributed by atoms with E-state index in [-0.39, 0.29) is 68.4 Å². The zero-order valence-electron chi connectivity index (χ0n) is 66.8. The number of nitrogens with zero attached hydrogens (tertiary/aromatic N) is 13. The highest BCUT2D eigenvalue weighted by atomic mass is 19.2. The van der Waals surface area contributed by atoms with Crippen molar-refractivity contribution < 1.29 is 153 Å². The first kappa shape index (κ1) is 97.1. The molecule has 9 aliphatic heterocycles. The second-order valence-electron chi connectivity index (χ2n) is 30.3. The van der Waals surface area contributed by atoms with Crippen LogP contribution in [0.2, 0.25) is 0 Å². The van der Waals surface area contributed by atoms with Crippen LogP contribution in [0.25, 0.3) is 33.5 Å². The first-order chi connectivity index (χ1) is 58.5. The summed E-state index contributed by atoms with van der Waals surface area (Å²) in [5.74, 6) is -11.2. The number of carbonyl (C=O) groups is 2. The molecule has 9 aliphatic rings. The molecule has 21 N–H and O–H groups in total. The molecular weight excluding hydrogens is 1720 g/mol. The molecule has 6 saturated heterocycles. The maximum absolute atomic E-state index is 14.8. The van der Waals surface area contributed by atoms with Crippen LogP contribution in [-0.4, -0.2) is 333 Å². The molecule has 24 atom stereocenters. The van der Waals surface area contributed by atoms with E-state index in [1.54, 1.807) is 12.8 Å². The second-order valence-corrected chi connectivity index (χ2v) is 30.3. The smallest absolute Gasteiger partial charge is 0.279 e. The first-order valence-corrected chi connectivity index (χ1v) is 36.7. The number of nitrogens with two attached hydrogens (primary N) is 1. The number of nitrogens with one attached hydrogen (secondary N) is 5. The molecule has 54 heteroatoms. The van der Waals surface area contributed by atoms with Crippen molar-refractivity contribution in [3.63, 3.8) is 0 Å². The maximum Gasteiger partial charge on any atom is 0.279 e. The van der Waals surface area contributed by atoms with Gasteiger partial charge in [-0.05, 0) is 54.5 Å². The summed E-state index contributed by atoms with van der Waals surface area (Å²) in [4.78, 5) is 95.7. The molecule has 0 spiro atoms. The Kier molecular flexibility index (Phi) is 26.7. The van der Waals surface area contributed by atoms with E-state index in [0.717, 1.165) is 69.4 Å². The number of carbonyl (C=O) groups excluding carboxylic acids is 2. The van der Waals surface area contributed by atoms with E-state index < -0.39 is 218 Å². The molecule has 6 aromatic rings. The molecule has 0 aliphatic carbocycles. The van der Waals surface area contributed by atoms with Crippen molar-refractivity contribution in [2.45, 2.75) is 191 Å². The predicted molar refractivity (Wildman–Crippen MR) is 404 cm³/mol. The third-order valence-electron chi connectivity index (χ3n) is 21.2. The Morgan fingerprint density at radius 1 is 0.468 bits per heavy atom. The van der Waals surface area contributed by atoms with Crippen molar-refractivity contribution >= 4 is 51.1 Å². The van der Waals surface area contributed by atoms with Crippen LogP contribution in [0.1, 0.15) is 63.9 Å². The van der Waals surface area contributed by atoms with Crippen molar-refractivity contribution in [2.24, 2.45) is 10.7 Å². The molecule has 6 aromatic heterocycles. The third-order valence-corrected chi connectivity index (χ3v) is 21.2. The topological polar surface area (TPSA) is 636 Å². The summed E-state index contributed by atoms with van der Waals surface area (Å²) in [5.41, 5.74) is -12.8. The number of ether oxygens (including phenoxy) is 6. The lowest BCUT2D eigenvalue weighted by atomic mass is 9.88. The van der Waals surface area contributed by atoms with Gasteiger partial charge >= 0.3 is 0 Å². The van der Waals surface area contributed by atoms with Gasteiger partial charge in [0.05, 0.1) is 25.6 Å². The van der Waals surface area contributed by atoms with Crippen LogP contribution in [0.3, 0.4) is 0 Å². The Morgan fingerprint density at radius 3 is 1.15 bits per heavy atom. The number of hydrogen-bond acceptors (Lipinski definition) is 36. The molecule has 0 bridgehead atoms. The molecule has 0 aromatic carbocycles. The van der Waals surface area contributed by atoms with Crippen molar-refractivity contribution in [1.82, 2.24) is 83.9 Å². The van der Waals surface area contributed by atoms with Crippen molar-refractivity contribution in [2.75, 3.05) is 46.3 Å². The number of fused-ring (bicyclic) bond motifs is 3. The number of aliphatic hydroxyl groups excluding tert-OH is 11. The number of alkyl halides is 10. The number of aromatic nitrogens is 12. The van der Waals surface area contributed by atoms with Crippen molar-refractivity contribution in [3.8, 4) is 24.7 Å². The Morgan fingerprint density at radius 2 is 0.802 bits per heavy atom. The SMILES string of the molecule is C#C[C@]1(O)[C@H](N2C=CC(=O)NC2=C)O[C@](F)(CO)[C@H]1O.C#C[C@]1(O)[C@H](n2cnc3c(=O)[nH]c(C)nc32)O[C@](F)(CO)[C@H]1F.C=C1N=C(N)C=CN1[C@@H]1O[C@](F)(CO)[C@@H](O)[C@@]1(C)F.C=C1NC(=O)C=CN1[C@@H]1O[C@](F)(CO)[C@@H](O)[C@@]1(C)F.Cc1nc2c(ncn2[C@@H]2O[C@@](CO)(CF)[C@@H](O)[C@@]2(C)O)c(=O)[nH]1.Cc1nc2c(ncn2[C@@H]2O[C@](F)(CO)[C@@H](O)[C@@]2(C)F)c(=O)[nH]1. The van der Waals surface area contributed by atoms with Gasteiger partial charge in [0.2, 0.25) is 17.4 Å². The number of aromatic amines is 3. The minimum atomic E-state index is -3.20. The highest BCUT2D eigenvalue weighted by Crippen LogP contribution is 2.52. The Hall–Kier alpha value is -11.1. The largest absolute Gasteiger partial charge is 0.393 e. The lowest BCUT2D eigenvalue weighted by Gasteiger charge is -2.36. The van der Waals surface area contributed by atoms with Gasteiger partial charge in [0.15, 0.2) is 118 Å². The van der Waals surface area contributed by atoms with Crippen molar-refractivity contribution in [1.29, 1.82) is 0 Å². The molecule has 0 unspecified atom stereocenters. The number of aryl methyl sites for hydroxylation is 3. The number of aliphatic hydroxyl groups is 14. The van der Waals surface area contributed by atoms with Gasteiger partial charge in [-0.25, -0.2) is 78.8 Å². The summed E-state index contributed by atoms with van der Waals surface area (Å²) < 4.78 is 175. The molecular formula is C72H85F10N19O25. The molecule has 6 fully saturated rings. The number of hydrogen-bond donors (Lipinski definition) is 20. The number of rotatable bonds is 13. The van der Waals surface area contributed by atoms with Crippen LogP contribution in [0, 0.1) is 45.5 Å². The zero-order valence-corrected chi connectivity index (χ0v) is 66.8. The molecule has 0 saturated carbocycles. The molecule has 0 radical (unpaired) electrons. The molecule has 15 heterocycles. The van der Waals surface area contributed by atoms with Gasteiger partial charge < -0.3 is 146 Å². The number of terminal acetylenes is 2. The van der Waals surface area contributed by atoms with Gasteiger partial charge in [-0.2, -0.15) is 0 Å². The lowest BCUT2D eigenvalue weighted by Crippen LogP contribution is -2.55. The molecule has 2 amide bonds. The monoisotopic (exact) mass is 1810 g/mol. The van der Waals surface area contributed by atoms with E-state index >= 15 is 0 Å². The fraction of sp³-hybridized carbons (Fsp3) is 0.528. The first-order valence-electron chi connectivity index (χ1n) is 36.7. The highest BCUT2D eigenvalue weighted by Gasteiger charge is 2.71. The van der Waals surface area contributed by atoms with Gasteiger partial charge in [-0.1, -0.05) is 31.6 Å². The summed E-state index contributed by atoms with van der Waals surface area (Å²) in [6.07, 6.45) is -1.64. The van der Waals surface area contributed by atoms with Crippen LogP contribution in [0.15, 0.2) is 112 Å². The van der Waals surface area contributed by atoms with Crippen LogP contribution < -0.4 is 33.0 Å². The summed E-state index contributed by atoms with van der Waals surface area (Å²) in [5, 5.41) is 139. The normalized spacial score (nSPS) is 38.0. The number of amidine groups is 1. The van der Waals surface area contributed by atoms with E-state index in [0.29, 0.717) is 5.82 Å². The fourth-order valence-corrected chi connectivity index (χ4v) is 14.2. The number of amides is 2. The average Bonchev–Trinajstić information content (AvgIpc) is 1.59. The molecule has 44 nitrogen and oxygen atoms in total. The van der Waals surface area contributed by atoms with Crippen LogP contribution in [-0.2, 0) is 38.0 Å². The molecule has 126 heavy (non-hydrogen) atoms. The van der Waals surface area contributed by atoms with Gasteiger partial charge in [-0.15, -0.1) is 12.8 Å². The van der Waals surface area contributed by atoms with Crippen molar-refractivity contribution in [3.05, 3.63) is 142 Å². The van der Waals surface area contributed by atoms with E-state index in [9.17, 15) is 114 Å². The number of halogens is 10. The van der Waals surface area contributed by atoms with Crippen LogP contribution in [0.5, 0.6) is 0 Å². The summed E-state index contributed by atoms with van der Waals surface area (Å²) >= 11 is 0. The summed E-state index contributed by atoms with van der Waals surface area (Å²) in [7, 11) is 0. The number of H-pyrrole nitrogens is 3. The van der Waals surface area contributed by atoms with Gasteiger partial charge in [0, 0.05) is 30.8 Å². The fourth-order valence-electron chi connectivity index (χ4n) is 14.2. The maximum atomic E-state index is 14.8. The van der Waals surface area contributed by atoms with E-state index in [2.05, 4.69) is 80.2 Å². The second kappa shape index (κ2) is 34.6. The minimum absolute atomic E-state index is 0.00971. The number of aliphatic imine (C=N–C) groups is 1. The standard InChI is InChI=1S/C13H12F2N4O4.C13H17FN4O5.C12H14F2N4O4.C12H13FN2O5.C11H15F2N3O3.C11H14F2N2O4/c1-3-12(22)10(14)13(15,4-20)23-11(12)19-5-16-7-8(19)17-6(2)18-9(7)21;1-6-16-8-7(9(20)17-6)15-5-18(8)11-12(2,22)10(21)13(3-14,4-19)23-11;1-5-16-7-6(8(20)17-5)15-4-18(7)10-11(2,13)9(21)12(14,3-19)22-10;1-3-11(19)9(18)12(13,6-16)20-10(11)15-5-4-8(17)14-7(15)2;1-6-15-7(14)3-4-16(6)9-10(2,12)8(18)11(13,5-17)19-9;1-6-14-7(17)3-4-15(6)9-10(2,12)8(18)11(13,5-16)19-9/h1,5,10-11,20,22H,4H2,2H3,(H,17,18,21);5,10-11,19,21-22H,3-4H2,1-2H3,(H,16,17,20);4,9-10,19,21H,3H2,1-2H3,(H,16,17,20);1,4-5,9-10,16,18-19H,2,6H2,(H,14,17);3-4,8-9,17-18H,1,5H2,2H3,(H2,14,15);3-4,8-9,16,18H,1,5H2,2H3,(H,14,17)/t2*10-,11+,12+,13+;2*9-,10+,11+,12+;2*8-,9+,10+,11+/m000000/s1. The third kappa shape index (κ3) is 16.6. The average molecular weight is 1810 g/mol. The van der Waals surface area contributed by atoms with E-state index in [1.807, 2.05) is 5.92 Å². The quantitative estimate of drug-likeness (QED) is 0.0381. The van der Waals surface area contributed by atoms with Crippen LogP contribution >= 0.6 is 0 Å². The summed E-state index contributed by atoms with van der Waals surface area (Å²) in [6, 6.07) is 0. The molecule has 15 rings (SSSR count). The number of imidazole rings is 3. The molecule has 688 valence electrons. The predicted octanol–water partition coefficient (Wildman–Crippen LogP) is -4.81. The zero-order chi connectivity index (χ0) is 94.2. The Bertz CT molecular complexity index is 5620. The van der Waals surface area contributed by atoms with Crippen LogP contribution in [0.4, 0.5) is 43.9 Å². The lowest BCUT2D eigenvalue weighted by molar-refractivity contribution is -0.210. The summed E-state index contributed by atoms with van der Waals surface area (Å²) in [6.45, 7) is 11.1. The van der Waals surface area contributed by atoms with Gasteiger partial charge in [-0.3, -0.25) is 37.7 Å². The van der Waals surface area contributed by atoms with E-state index in [1.165, 1.54) is 56.3 Å². The Balaban J connectivity index is 0.000000158. The Labute approximate surface area is 700 Å².